The van der Waals surface area contributed by atoms with Gasteiger partial charge >= 0.3 is 109 Å². The molecular weight excluding hydrogens is 230 g/mol. The summed E-state index contributed by atoms with van der Waals surface area (Å²) in [7, 11) is 0. The van der Waals surface area contributed by atoms with E-state index < -0.39 is 12.1 Å². The number of esters is 1. The number of carboxylic acid groups (broad SMARTS) is 2. The molecule has 0 amide bonds. The van der Waals surface area contributed by atoms with Crippen LogP contribution < -0.4 is 113 Å². The van der Waals surface area contributed by atoms with Gasteiger partial charge in [-0.3, -0.25) is 0 Å². The molecule has 0 N–H and O–H groups in total. The van der Waals surface area contributed by atoms with Crippen molar-refractivity contribution >= 4 is 12.1 Å². The van der Waals surface area contributed by atoms with Crippen molar-refractivity contribution in [1.29, 1.82) is 0 Å². The predicted octanol–water partition coefficient (Wildman–Crippen LogP) is -8.26. The van der Waals surface area contributed by atoms with Crippen molar-refractivity contribution in [3.63, 3.8) is 0 Å². The molecule has 0 saturated heterocycles. The van der Waals surface area contributed by atoms with Crippen LogP contribution in [0.25, 0.3) is 0 Å². The van der Waals surface area contributed by atoms with Gasteiger partial charge in [-0.1, -0.05) is 0 Å². The standard InChI is InChI=1S/C5H6O2.CH2O3.2K/c1-3-5(6)7-4-2;2-1(3)4;;/h1H,4H2,2H3;(H2,2,3,4);;/q;;2*+1/p-2. The number of terminal acetylenes is 1. The van der Waals surface area contributed by atoms with Crippen LogP contribution in [-0.4, -0.2) is 18.7 Å². The third-order valence-electron chi connectivity index (χ3n) is 0.393. The maximum atomic E-state index is 9.95. The summed E-state index contributed by atoms with van der Waals surface area (Å²) in [5.41, 5.74) is 0. The smallest absolute Gasteiger partial charge is 0.652 e. The molecule has 0 aromatic heterocycles. The van der Waals surface area contributed by atoms with E-state index in [9.17, 15) is 4.79 Å². The number of hydrogen-bond donors (Lipinski definition) is 0. The molecule has 0 saturated carbocycles. The first kappa shape index (κ1) is 24.0. The Morgan fingerprint density at radius 2 is 1.69 bits per heavy atom. The normalized spacial score (nSPS) is 5.54. The average molecular weight is 236 g/mol. The minimum atomic E-state index is -2.33. The van der Waals surface area contributed by atoms with Crippen LogP contribution in [-0.2, 0) is 9.53 Å². The fraction of sp³-hybridized carbons (Fsp3) is 0.333. The van der Waals surface area contributed by atoms with Crippen LogP contribution in [0.15, 0.2) is 0 Å². The van der Waals surface area contributed by atoms with Gasteiger partial charge in [-0.05, 0) is 13.1 Å². The molecular formula is C6H6K2O5. The Morgan fingerprint density at radius 3 is 1.77 bits per heavy atom. The molecule has 0 aliphatic carbocycles. The Morgan fingerprint density at radius 1 is 1.38 bits per heavy atom. The monoisotopic (exact) mass is 236 g/mol. The Hall–Kier alpha value is 1.57. The number of carbonyl (C=O) groups excluding carboxylic acids is 2. The molecule has 0 unspecified atom stereocenters. The molecule has 0 aromatic rings. The van der Waals surface area contributed by atoms with Gasteiger partial charge in [-0.2, -0.15) is 0 Å². The van der Waals surface area contributed by atoms with Crippen LogP contribution in [0.4, 0.5) is 4.79 Å². The predicted molar refractivity (Wildman–Crippen MR) is 30.9 cm³/mol. The maximum Gasteiger partial charge on any atom is 1.00 e. The van der Waals surface area contributed by atoms with Gasteiger partial charge in [0.05, 0.1) is 6.61 Å². The van der Waals surface area contributed by atoms with Crippen molar-refractivity contribution in [2.24, 2.45) is 0 Å². The molecule has 7 heteroatoms. The summed E-state index contributed by atoms with van der Waals surface area (Å²) in [6.45, 7) is 2.05. The third-order valence-corrected chi connectivity index (χ3v) is 0.393. The van der Waals surface area contributed by atoms with Gasteiger partial charge in [0.2, 0.25) is 0 Å². The van der Waals surface area contributed by atoms with Crippen molar-refractivity contribution < 1.29 is 127 Å². The van der Waals surface area contributed by atoms with Crippen molar-refractivity contribution in [2.75, 3.05) is 6.61 Å². The molecule has 0 spiro atoms. The summed E-state index contributed by atoms with van der Waals surface area (Å²) in [6.07, 6.45) is 2.30. The molecule has 62 valence electrons. The van der Waals surface area contributed by atoms with Gasteiger partial charge in [0.25, 0.3) is 0 Å². The summed E-state index contributed by atoms with van der Waals surface area (Å²) in [6, 6.07) is 0. The first-order valence-corrected chi connectivity index (χ1v) is 2.56. The molecule has 0 fully saturated rings. The van der Waals surface area contributed by atoms with Gasteiger partial charge in [0, 0.05) is 5.92 Å². The van der Waals surface area contributed by atoms with Gasteiger partial charge in [-0.25, -0.2) is 4.79 Å². The van der Waals surface area contributed by atoms with E-state index in [1.807, 2.05) is 0 Å². The zero-order valence-corrected chi connectivity index (χ0v) is 14.1. The molecule has 0 aliphatic heterocycles. The Bertz CT molecular complexity index is 170. The SMILES string of the molecule is C#CC(=O)OCC.O=C([O-])[O-].[K+].[K+]. The number of hydrogen-bond acceptors (Lipinski definition) is 5. The van der Waals surface area contributed by atoms with E-state index in [0.29, 0.717) is 6.61 Å². The Labute approximate surface area is 161 Å². The van der Waals surface area contributed by atoms with Crippen LogP contribution >= 0.6 is 0 Å². The molecule has 13 heavy (non-hydrogen) atoms. The molecule has 0 rings (SSSR count). The van der Waals surface area contributed by atoms with Gasteiger partial charge in [0.15, 0.2) is 0 Å². The molecule has 0 radical (unpaired) electrons. The summed E-state index contributed by atoms with van der Waals surface area (Å²) in [4.78, 5) is 18.3. The second-order valence-electron chi connectivity index (χ2n) is 1.11. The van der Waals surface area contributed by atoms with Crippen LogP contribution in [0, 0.1) is 12.3 Å². The average Bonchev–Trinajstić information content (AvgIpc) is 1.87. The molecule has 0 heterocycles. The number of rotatable bonds is 1. The van der Waals surface area contributed by atoms with Gasteiger partial charge in [0.1, 0.15) is 0 Å². The molecule has 0 aliphatic rings. The Balaban J connectivity index is -0.0000000600. The topological polar surface area (TPSA) is 89.5 Å². The van der Waals surface area contributed by atoms with E-state index in [0.717, 1.165) is 0 Å². The van der Waals surface area contributed by atoms with E-state index in [1.54, 1.807) is 12.8 Å². The molecule has 0 atom stereocenters. The van der Waals surface area contributed by atoms with Gasteiger partial charge in [-0.15, -0.1) is 6.42 Å². The Kier molecular flexibility index (Phi) is 35.5. The number of carbonyl (C=O) groups is 2. The van der Waals surface area contributed by atoms with Crippen molar-refractivity contribution in [2.45, 2.75) is 6.92 Å². The zero-order valence-electron chi connectivity index (χ0n) is 7.83. The van der Waals surface area contributed by atoms with E-state index in [4.69, 9.17) is 15.0 Å². The minimum absolute atomic E-state index is 0. The third kappa shape index (κ3) is 42.1. The molecule has 0 aromatic carbocycles. The second-order valence-corrected chi connectivity index (χ2v) is 1.11. The van der Waals surface area contributed by atoms with Gasteiger partial charge < -0.3 is 19.7 Å². The van der Waals surface area contributed by atoms with Crippen LogP contribution in [0.5, 0.6) is 0 Å². The summed E-state index contributed by atoms with van der Waals surface area (Å²) in [5, 5.41) is 16.7. The first-order chi connectivity index (χ1) is 5.04. The number of ether oxygens (including phenoxy) is 1. The summed E-state index contributed by atoms with van der Waals surface area (Å²) >= 11 is 0. The molecule has 0 bridgehead atoms. The fourth-order valence-corrected chi connectivity index (χ4v) is 0.173. The quantitative estimate of drug-likeness (QED) is 0.195. The van der Waals surface area contributed by atoms with Crippen LogP contribution in [0.1, 0.15) is 6.92 Å². The summed E-state index contributed by atoms with van der Waals surface area (Å²) in [5.74, 6) is 1.21. The molecule has 5 nitrogen and oxygen atoms in total. The largest absolute Gasteiger partial charge is 1.00 e. The first-order valence-electron chi connectivity index (χ1n) is 2.56. The fourth-order valence-electron chi connectivity index (χ4n) is 0.173. The maximum absolute atomic E-state index is 9.95. The zero-order chi connectivity index (χ0) is 9.28. The minimum Gasteiger partial charge on any atom is -0.652 e. The van der Waals surface area contributed by atoms with Crippen molar-refractivity contribution in [3.8, 4) is 12.3 Å². The van der Waals surface area contributed by atoms with E-state index >= 15 is 0 Å². The van der Waals surface area contributed by atoms with Crippen molar-refractivity contribution in [1.82, 2.24) is 0 Å². The van der Waals surface area contributed by atoms with Crippen LogP contribution in [0.3, 0.4) is 0 Å². The van der Waals surface area contributed by atoms with Crippen LogP contribution in [0.2, 0.25) is 0 Å². The van der Waals surface area contributed by atoms with E-state index in [2.05, 4.69) is 11.2 Å². The van der Waals surface area contributed by atoms with E-state index in [1.165, 1.54) is 0 Å². The second kappa shape index (κ2) is 19.2. The van der Waals surface area contributed by atoms with E-state index in [-0.39, 0.29) is 103 Å². The summed E-state index contributed by atoms with van der Waals surface area (Å²) < 4.78 is 4.32. The van der Waals surface area contributed by atoms with Crippen molar-refractivity contribution in [3.05, 3.63) is 0 Å².